The van der Waals surface area contributed by atoms with Crippen molar-refractivity contribution in [3.8, 4) is 5.75 Å². The van der Waals surface area contributed by atoms with Crippen molar-refractivity contribution in [2.45, 2.75) is 19.3 Å². The van der Waals surface area contributed by atoms with Crippen LogP contribution in [0.15, 0.2) is 36.7 Å². The monoisotopic (exact) mass is 358 g/mol. The van der Waals surface area contributed by atoms with E-state index >= 15 is 0 Å². The van der Waals surface area contributed by atoms with Crippen molar-refractivity contribution in [1.29, 1.82) is 0 Å². The summed E-state index contributed by atoms with van der Waals surface area (Å²) in [4.78, 5) is 22.9. The Balaban J connectivity index is 1.56. The van der Waals surface area contributed by atoms with Crippen LogP contribution < -0.4 is 10.1 Å². The Kier molecular flexibility index (Phi) is 5.99. The first-order chi connectivity index (χ1) is 12.7. The number of carbonyl (C=O) groups is 1. The molecule has 26 heavy (non-hydrogen) atoms. The Morgan fingerprint density at radius 1 is 1.35 bits per heavy atom. The van der Waals surface area contributed by atoms with Gasteiger partial charge in [0.2, 0.25) is 0 Å². The van der Waals surface area contributed by atoms with E-state index in [1.165, 1.54) is 12.1 Å². The van der Waals surface area contributed by atoms with Crippen molar-refractivity contribution in [1.82, 2.24) is 14.9 Å². The van der Waals surface area contributed by atoms with Crippen LogP contribution in [-0.2, 0) is 11.2 Å². The summed E-state index contributed by atoms with van der Waals surface area (Å²) >= 11 is 0. The van der Waals surface area contributed by atoms with Gasteiger partial charge in [-0.3, -0.25) is 9.78 Å². The molecule has 2 aromatic rings. The zero-order chi connectivity index (χ0) is 18.4. The highest BCUT2D eigenvalue weighted by molar-refractivity contribution is 5.77. The van der Waals surface area contributed by atoms with Crippen LogP contribution in [0, 0.1) is 11.7 Å². The van der Waals surface area contributed by atoms with Crippen molar-refractivity contribution in [3.63, 3.8) is 0 Å². The van der Waals surface area contributed by atoms with Gasteiger partial charge in [0.1, 0.15) is 5.82 Å². The summed E-state index contributed by atoms with van der Waals surface area (Å²) in [7, 11) is 1.82. The van der Waals surface area contributed by atoms with Gasteiger partial charge >= 0.3 is 0 Å². The first-order valence-corrected chi connectivity index (χ1v) is 8.80. The van der Waals surface area contributed by atoms with E-state index in [1.807, 2.05) is 7.05 Å². The lowest BCUT2D eigenvalue weighted by atomic mass is 9.93. The minimum Gasteiger partial charge on any atom is -0.481 e. The molecule has 1 N–H and O–H groups in total. The zero-order valence-corrected chi connectivity index (χ0v) is 14.8. The molecule has 1 aliphatic heterocycles. The molecule has 1 unspecified atom stereocenters. The Morgan fingerprint density at radius 3 is 2.96 bits per heavy atom. The topological polar surface area (TPSA) is 67.4 Å². The Bertz CT molecular complexity index is 756. The van der Waals surface area contributed by atoms with E-state index in [4.69, 9.17) is 4.74 Å². The number of para-hydroxylation sites is 1. The lowest BCUT2D eigenvalue weighted by Crippen LogP contribution is -2.42. The van der Waals surface area contributed by atoms with E-state index in [9.17, 15) is 9.18 Å². The number of nitrogens with one attached hydrogen (secondary N) is 1. The normalized spacial score (nSPS) is 17.0. The fourth-order valence-corrected chi connectivity index (χ4v) is 3.25. The number of halogens is 1. The number of benzene rings is 1. The van der Waals surface area contributed by atoms with Gasteiger partial charge in [0, 0.05) is 32.5 Å². The standard InChI is InChI=1S/C19H23FN4O2/c1-21-19-16(22-8-9-23-19)11-14-5-4-10-24(12-14)18(25)13-26-17-7-3-2-6-15(17)20/h2-3,6-9,14H,4-5,10-13H2,1H3,(H,21,23). The highest BCUT2D eigenvalue weighted by Crippen LogP contribution is 2.23. The number of nitrogens with zero attached hydrogens (tertiary/aromatic N) is 3. The Morgan fingerprint density at radius 2 is 2.15 bits per heavy atom. The first kappa shape index (κ1) is 18.1. The SMILES string of the molecule is CNc1nccnc1CC1CCCN(C(=O)COc2ccccc2F)C1. The van der Waals surface area contributed by atoms with Crippen LogP contribution in [0.2, 0.25) is 0 Å². The van der Waals surface area contributed by atoms with Gasteiger partial charge < -0.3 is 15.0 Å². The predicted octanol–water partition coefficient (Wildman–Crippen LogP) is 2.52. The molecule has 6 nitrogen and oxygen atoms in total. The molecular formula is C19H23FN4O2. The molecule has 0 aliphatic carbocycles. The minimum absolute atomic E-state index is 0.104. The molecule has 1 saturated heterocycles. The highest BCUT2D eigenvalue weighted by Gasteiger charge is 2.25. The third kappa shape index (κ3) is 4.47. The molecule has 0 bridgehead atoms. The fraction of sp³-hybridized carbons (Fsp3) is 0.421. The number of hydrogen-bond donors (Lipinski definition) is 1. The maximum absolute atomic E-state index is 13.6. The largest absolute Gasteiger partial charge is 0.481 e. The van der Waals surface area contributed by atoms with Crippen LogP contribution in [0.25, 0.3) is 0 Å². The summed E-state index contributed by atoms with van der Waals surface area (Å²) in [6.45, 7) is 1.20. The minimum atomic E-state index is -0.459. The summed E-state index contributed by atoms with van der Waals surface area (Å²) in [6, 6.07) is 6.11. The van der Waals surface area contributed by atoms with Crippen LogP contribution in [-0.4, -0.2) is 47.5 Å². The molecule has 1 atom stereocenters. The van der Waals surface area contributed by atoms with Crippen LogP contribution in [0.1, 0.15) is 18.5 Å². The van der Waals surface area contributed by atoms with Crippen molar-refractivity contribution in [2.24, 2.45) is 5.92 Å². The Labute approximate surface area is 152 Å². The second kappa shape index (κ2) is 8.60. The number of likely N-dealkylation sites (tertiary alicyclic amines) is 1. The predicted molar refractivity (Wildman–Crippen MR) is 96.5 cm³/mol. The summed E-state index contributed by atoms with van der Waals surface area (Å²) in [5, 5.41) is 3.05. The number of aromatic nitrogens is 2. The number of ether oxygens (including phenoxy) is 1. The molecule has 1 amide bonds. The number of rotatable bonds is 6. The smallest absolute Gasteiger partial charge is 0.260 e. The van der Waals surface area contributed by atoms with Crippen LogP contribution in [0.3, 0.4) is 0 Å². The van der Waals surface area contributed by atoms with E-state index in [0.717, 1.165) is 30.8 Å². The molecule has 2 heterocycles. The van der Waals surface area contributed by atoms with Crippen LogP contribution in [0.5, 0.6) is 5.75 Å². The molecule has 1 aliphatic rings. The third-order valence-corrected chi connectivity index (χ3v) is 4.55. The summed E-state index contributed by atoms with van der Waals surface area (Å²) in [5.41, 5.74) is 0.914. The van der Waals surface area contributed by atoms with Crippen molar-refractivity contribution < 1.29 is 13.9 Å². The van der Waals surface area contributed by atoms with Crippen molar-refractivity contribution in [2.75, 3.05) is 32.1 Å². The summed E-state index contributed by atoms with van der Waals surface area (Å²) in [6.07, 6.45) is 6.08. The lowest BCUT2D eigenvalue weighted by molar-refractivity contribution is -0.135. The number of amides is 1. The van der Waals surface area contributed by atoms with E-state index < -0.39 is 5.82 Å². The quantitative estimate of drug-likeness (QED) is 0.859. The van der Waals surface area contributed by atoms with Crippen molar-refractivity contribution >= 4 is 11.7 Å². The molecule has 1 aromatic carbocycles. The van der Waals surface area contributed by atoms with E-state index in [-0.39, 0.29) is 18.3 Å². The summed E-state index contributed by atoms with van der Waals surface area (Å²) in [5.74, 6) is 0.626. The van der Waals surface area contributed by atoms with Gasteiger partial charge in [0.05, 0.1) is 5.69 Å². The second-order valence-corrected chi connectivity index (χ2v) is 6.37. The maximum atomic E-state index is 13.6. The Hall–Kier alpha value is -2.70. The van der Waals surface area contributed by atoms with E-state index in [0.29, 0.717) is 19.0 Å². The molecule has 1 fully saturated rings. The number of anilines is 1. The number of piperidine rings is 1. The molecule has 3 rings (SSSR count). The average Bonchev–Trinajstić information content (AvgIpc) is 2.68. The van der Waals surface area contributed by atoms with E-state index in [2.05, 4.69) is 15.3 Å². The molecule has 138 valence electrons. The highest BCUT2D eigenvalue weighted by atomic mass is 19.1. The van der Waals surface area contributed by atoms with Gasteiger partial charge in [-0.25, -0.2) is 9.37 Å². The summed E-state index contributed by atoms with van der Waals surface area (Å²) < 4.78 is 18.9. The number of hydrogen-bond acceptors (Lipinski definition) is 5. The molecule has 7 heteroatoms. The van der Waals surface area contributed by atoms with Gasteiger partial charge in [0.15, 0.2) is 18.2 Å². The van der Waals surface area contributed by atoms with Crippen molar-refractivity contribution in [3.05, 3.63) is 48.2 Å². The lowest BCUT2D eigenvalue weighted by Gasteiger charge is -2.32. The maximum Gasteiger partial charge on any atom is 0.260 e. The van der Waals surface area contributed by atoms with Gasteiger partial charge in [-0.1, -0.05) is 12.1 Å². The fourth-order valence-electron chi connectivity index (χ4n) is 3.25. The van der Waals surface area contributed by atoms with Gasteiger partial charge in [-0.2, -0.15) is 0 Å². The van der Waals surface area contributed by atoms with Crippen LogP contribution in [0.4, 0.5) is 10.2 Å². The third-order valence-electron chi connectivity index (χ3n) is 4.55. The average molecular weight is 358 g/mol. The second-order valence-electron chi connectivity index (χ2n) is 6.37. The molecule has 0 saturated carbocycles. The first-order valence-electron chi connectivity index (χ1n) is 8.80. The molecule has 0 radical (unpaired) electrons. The zero-order valence-electron chi connectivity index (χ0n) is 14.8. The molecule has 0 spiro atoms. The van der Waals surface area contributed by atoms with Crippen LogP contribution >= 0.6 is 0 Å². The molecule has 1 aromatic heterocycles. The van der Waals surface area contributed by atoms with Gasteiger partial charge in [-0.15, -0.1) is 0 Å². The van der Waals surface area contributed by atoms with E-state index in [1.54, 1.807) is 29.4 Å². The van der Waals surface area contributed by atoms with Gasteiger partial charge in [-0.05, 0) is 37.3 Å². The van der Waals surface area contributed by atoms with Gasteiger partial charge in [0.25, 0.3) is 5.91 Å². The number of carbonyl (C=O) groups excluding carboxylic acids is 1. The molecular weight excluding hydrogens is 335 g/mol.